The van der Waals surface area contributed by atoms with Crippen LogP contribution in [-0.2, 0) is 11.2 Å². The molecule has 5 nitrogen and oxygen atoms in total. The molecule has 0 unspecified atom stereocenters. The third-order valence-electron chi connectivity index (χ3n) is 6.03. The van der Waals surface area contributed by atoms with E-state index in [4.69, 9.17) is 14.5 Å². The highest BCUT2D eigenvalue weighted by molar-refractivity contribution is 6.55. The Morgan fingerprint density at radius 3 is 2.75 bits per heavy atom. The van der Waals surface area contributed by atoms with Gasteiger partial charge < -0.3 is 14.4 Å². The zero-order chi connectivity index (χ0) is 19.6. The predicted molar refractivity (Wildman–Crippen MR) is 109 cm³/mol. The minimum absolute atomic E-state index is 0.0148. The van der Waals surface area contributed by atoms with Gasteiger partial charge in [0.1, 0.15) is 5.71 Å². The minimum Gasteiger partial charge on any atom is -0.454 e. The van der Waals surface area contributed by atoms with E-state index >= 15 is 0 Å². The van der Waals surface area contributed by atoms with Crippen LogP contribution in [-0.4, -0.2) is 24.0 Å². The normalized spacial score (nSPS) is 22.7. The van der Waals surface area contributed by atoms with Crippen molar-refractivity contribution in [3.05, 3.63) is 47.0 Å². The Bertz CT molecular complexity index is 1040. The quantitative estimate of drug-likeness (QED) is 0.761. The first-order valence-electron chi connectivity index (χ1n) is 9.89. The van der Waals surface area contributed by atoms with Gasteiger partial charge in [0.05, 0.1) is 11.4 Å². The van der Waals surface area contributed by atoms with Gasteiger partial charge in [-0.2, -0.15) is 0 Å². The van der Waals surface area contributed by atoms with Crippen molar-refractivity contribution in [2.75, 3.05) is 11.7 Å². The first-order chi connectivity index (χ1) is 13.4. The first-order valence-corrected chi connectivity index (χ1v) is 9.89. The van der Waals surface area contributed by atoms with Crippen LogP contribution < -0.4 is 14.4 Å². The molecule has 144 valence electrons. The number of amides is 1. The number of rotatable bonds is 2. The number of hydrogen-bond donors (Lipinski definition) is 0. The van der Waals surface area contributed by atoms with Crippen LogP contribution in [0.1, 0.15) is 56.7 Å². The highest BCUT2D eigenvalue weighted by atomic mass is 16.7. The summed E-state index contributed by atoms with van der Waals surface area (Å²) in [4.78, 5) is 20.2. The van der Waals surface area contributed by atoms with E-state index in [0.717, 1.165) is 24.1 Å². The molecule has 28 heavy (non-hydrogen) atoms. The fourth-order valence-corrected chi connectivity index (χ4v) is 4.77. The van der Waals surface area contributed by atoms with Crippen LogP contribution in [0.4, 0.5) is 11.4 Å². The van der Waals surface area contributed by atoms with Gasteiger partial charge in [0.2, 0.25) is 6.79 Å². The second-order valence-electron chi connectivity index (χ2n) is 8.49. The van der Waals surface area contributed by atoms with Gasteiger partial charge >= 0.3 is 0 Å². The molecule has 0 radical (unpaired) electrons. The smallest absolute Gasteiger partial charge is 0.278 e. The van der Waals surface area contributed by atoms with Gasteiger partial charge in [0.25, 0.3) is 5.91 Å². The van der Waals surface area contributed by atoms with Crippen molar-refractivity contribution in [1.29, 1.82) is 0 Å². The number of ether oxygens (including phenoxy) is 2. The summed E-state index contributed by atoms with van der Waals surface area (Å²) in [5.74, 6) is 1.78. The highest BCUT2D eigenvalue weighted by Crippen LogP contribution is 2.49. The fourth-order valence-electron chi connectivity index (χ4n) is 4.77. The minimum atomic E-state index is -0.238. The molecular formula is C23H24N2O3. The molecule has 0 N–H and O–H groups in total. The monoisotopic (exact) mass is 376 g/mol. The van der Waals surface area contributed by atoms with Crippen LogP contribution in [0.5, 0.6) is 11.5 Å². The summed E-state index contributed by atoms with van der Waals surface area (Å²) in [6.45, 7) is 8.91. The van der Waals surface area contributed by atoms with Gasteiger partial charge in [-0.15, -0.1) is 0 Å². The zero-order valence-corrected chi connectivity index (χ0v) is 16.7. The molecule has 1 atom stereocenters. The van der Waals surface area contributed by atoms with Crippen LogP contribution in [0, 0.1) is 0 Å². The Kier molecular flexibility index (Phi) is 3.60. The van der Waals surface area contributed by atoms with Crippen molar-refractivity contribution >= 4 is 23.0 Å². The maximum Gasteiger partial charge on any atom is 0.278 e. The maximum atomic E-state index is 13.5. The number of benzene rings is 2. The summed E-state index contributed by atoms with van der Waals surface area (Å²) in [5, 5.41) is 0. The predicted octanol–water partition coefficient (Wildman–Crippen LogP) is 4.73. The molecule has 3 aliphatic rings. The molecular weight excluding hydrogens is 352 g/mol. The van der Waals surface area contributed by atoms with Crippen LogP contribution in [0.25, 0.3) is 0 Å². The van der Waals surface area contributed by atoms with E-state index in [-0.39, 0.29) is 18.2 Å². The maximum absolute atomic E-state index is 13.5. The molecule has 0 aliphatic carbocycles. The molecule has 1 amide bonds. The van der Waals surface area contributed by atoms with Crippen LogP contribution in [0.15, 0.2) is 35.3 Å². The largest absolute Gasteiger partial charge is 0.454 e. The molecule has 5 heteroatoms. The number of carbonyl (C=O) groups excluding carboxylic acids is 1. The number of aryl methyl sites for hydroxylation is 1. The lowest BCUT2D eigenvalue weighted by Crippen LogP contribution is -2.50. The lowest BCUT2D eigenvalue weighted by Gasteiger charge is -2.43. The highest BCUT2D eigenvalue weighted by Gasteiger charge is 2.48. The summed E-state index contributed by atoms with van der Waals surface area (Å²) in [6, 6.07) is 9.95. The molecule has 0 saturated carbocycles. The number of nitrogens with zero attached hydrogens (tertiary/aromatic N) is 2. The molecule has 5 rings (SSSR count). The van der Waals surface area contributed by atoms with Gasteiger partial charge in [-0.3, -0.25) is 4.79 Å². The van der Waals surface area contributed by atoms with Crippen molar-refractivity contribution in [2.45, 2.75) is 52.0 Å². The molecule has 0 fully saturated rings. The summed E-state index contributed by atoms with van der Waals surface area (Å²) >= 11 is 0. The molecule has 3 heterocycles. The molecule has 0 aromatic heterocycles. The summed E-state index contributed by atoms with van der Waals surface area (Å²) in [6.07, 6.45) is 1.87. The average molecular weight is 376 g/mol. The molecule has 2 aromatic rings. The number of fused-ring (bicyclic) bond motifs is 1. The lowest BCUT2D eigenvalue weighted by atomic mass is 9.79. The Balaban J connectivity index is 1.71. The third-order valence-corrected chi connectivity index (χ3v) is 6.03. The number of hydrogen-bond acceptors (Lipinski definition) is 4. The van der Waals surface area contributed by atoms with E-state index in [1.165, 1.54) is 11.1 Å². The Morgan fingerprint density at radius 1 is 1.18 bits per heavy atom. The van der Waals surface area contributed by atoms with E-state index in [1.54, 1.807) is 0 Å². The molecule has 0 bridgehead atoms. The standard InChI is InChI=1S/C23H24N2O3/c1-5-14-8-16-13(2)11-23(3,4)25-21(16)17(9-14)20(22(25)26)24-15-6-7-18-19(10-15)28-12-27-18/h6-10,13H,5,11-12H2,1-4H3/t13-/m1/s1. The van der Waals surface area contributed by atoms with Crippen molar-refractivity contribution in [3.63, 3.8) is 0 Å². The zero-order valence-electron chi connectivity index (χ0n) is 16.7. The van der Waals surface area contributed by atoms with Crippen molar-refractivity contribution in [1.82, 2.24) is 0 Å². The van der Waals surface area contributed by atoms with E-state index in [2.05, 4.69) is 39.8 Å². The van der Waals surface area contributed by atoms with Crippen molar-refractivity contribution < 1.29 is 14.3 Å². The van der Waals surface area contributed by atoms with Gasteiger partial charge in [-0.25, -0.2) is 4.99 Å². The SMILES string of the molecule is CCc1cc2c3c(c1)[C@H](C)CC(C)(C)N3C(=O)C2=Nc1ccc2c(c1)OCO2. The van der Waals surface area contributed by atoms with Gasteiger partial charge in [-0.1, -0.05) is 19.9 Å². The van der Waals surface area contributed by atoms with E-state index < -0.39 is 0 Å². The molecule has 0 saturated heterocycles. The van der Waals surface area contributed by atoms with Gasteiger partial charge in [0, 0.05) is 17.2 Å². The Labute approximate surface area is 165 Å². The summed E-state index contributed by atoms with van der Waals surface area (Å²) in [5.41, 5.74) is 5.49. The van der Waals surface area contributed by atoms with Crippen molar-refractivity contribution in [3.8, 4) is 11.5 Å². The van der Waals surface area contributed by atoms with Gasteiger partial charge in [-0.05, 0) is 61.9 Å². The van der Waals surface area contributed by atoms with Crippen LogP contribution in [0.2, 0.25) is 0 Å². The lowest BCUT2D eigenvalue weighted by molar-refractivity contribution is -0.113. The topological polar surface area (TPSA) is 51.1 Å². The second kappa shape index (κ2) is 5.84. The third kappa shape index (κ3) is 2.38. The Hall–Kier alpha value is -2.82. The summed E-state index contributed by atoms with van der Waals surface area (Å²) in [7, 11) is 0. The van der Waals surface area contributed by atoms with Crippen molar-refractivity contribution in [2.24, 2.45) is 4.99 Å². The number of carbonyl (C=O) groups is 1. The van der Waals surface area contributed by atoms with E-state index in [1.807, 2.05) is 23.1 Å². The van der Waals surface area contributed by atoms with E-state index in [9.17, 15) is 4.79 Å². The second-order valence-corrected chi connectivity index (χ2v) is 8.49. The number of anilines is 1. The van der Waals surface area contributed by atoms with Gasteiger partial charge in [0.15, 0.2) is 11.5 Å². The Morgan fingerprint density at radius 2 is 1.96 bits per heavy atom. The fraction of sp³-hybridized carbons (Fsp3) is 0.391. The summed E-state index contributed by atoms with van der Waals surface area (Å²) < 4.78 is 10.9. The molecule has 2 aromatic carbocycles. The molecule has 0 spiro atoms. The van der Waals surface area contributed by atoms with Crippen LogP contribution in [0.3, 0.4) is 0 Å². The van der Waals surface area contributed by atoms with E-state index in [0.29, 0.717) is 28.8 Å². The molecule has 3 aliphatic heterocycles. The van der Waals surface area contributed by atoms with Crippen LogP contribution >= 0.6 is 0 Å². The first kappa shape index (κ1) is 17.3. The number of aliphatic imine (C=N–C) groups is 1. The average Bonchev–Trinajstić information content (AvgIpc) is 3.22.